The molecule has 0 aliphatic rings. The van der Waals surface area contributed by atoms with Crippen molar-refractivity contribution in [3.63, 3.8) is 0 Å². The highest BCUT2D eigenvalue weighted by molar-refractivity contribution is 7.89. The first-order chi connectivity index (χ1) is 8.50. The minimum atomic E-state index is -3.49. The highest BCUT2D eigenvalue weighted by Crippen LogP contribution is 2.24. The van der Waals surface area contributed by atoms with Crippen LogP contribution in [0.4, 0.5) is 11.6 Å². The van der Waals surface area contributed by atoms with E-state index >= 15 is 0 Å². The predicted octanol–water partition coefficient (Wildman–Crippen LogP) is 0.365. The lowest BCUT2D eigenvalue weighted by molar-refractivity contribution is 0.546. The average molecular weight is 287 g/mol. The summed E-state index contributed by atoms with van der Waals surface area (Å²) in [5.41, 5.74) is 6.30. The van der Waals surface area contributed by atoms with Crippen LogP contribution >= 0.6 is 0 Å². The molecular formula is C11H21N5O2S. The van der Waals surface area contributed by atoms with Crippen LogP contribution in [0.2, 0.25) is 0 Å². The maximum atomic E-state index is 10.9. The van der Waals surface area contributed by atoms with E-state index in [9.17, 15) is 8.42 Å². The summed E-state index contributed by atoms with van der Waals surface area (Å²) in [4.78, 5) is 8.63. The van der Waals surface area contributed by atoms with Gasteiger partial charge in [-0.25, -0.2) is 23.5 Å². The van der Waals surface area contributed by atoms with E-state index in [-0.39, 0.29) is 17.7 Å². The zero-order valence-electron chi connectivity index (χ0n) is 11.7. The van der Waals surface area contributed by atoms with Gasteiger partial charge in [0.15, 0.2) is 0 Å². The number of hydrogen-bond acceptors (Lipinski definition) is 6. The SMILES string of the molecule is Cc1c(N)nc(C(C)(C)C)nc1NCCS(N)(=O)=O. The summed E-state index contributed by atoms with van der Waals surface area (Å²) in [6.07, 6.45) is 0. The number of nitrogens with one attached hydrogen (secondary N) is 1. The largest absolute Gasteiger partial charge is 0.383 e. The number of nitrogens with zero attached hydrogens (tertiary/aromatic N) is 2. The zero-order valence-corrected chi connectivity index (χ0v) is 12.5. The molecule has 0 aromatic carbocycles. The highest BCUT2D eigenvalue weighted by atomic mass is 32.2. The second kappa shape index (κ2) is 5.30. The summed E-state index contributed by atoms with van der Waals surface area (Å²) < 4.78 is 21.8. The Morgan fingerprint density at radius 1 is 1.26 bits per heavy atom. The van der Waals surface area contributed by atoms with Gasteiger partial charge in [0.05, 0.1) is 5.75 Å². The van der Waals surface area contributed by atoms with E-state index in [4.69, 9.17) is 10.9 Å². The molecule has 5 N–H and O–H groups in total. The summed E-state index contributed by atoms with van der Waals surface area (Å²) >= 11 is 0. The molecule has 1 aromatic rings. The Kier molecular flexibility index (Phi) is 4.36. The minimum Gasteiger partial charge on any atom is -0.383 e. The molecular weight excluding hydrogens is 266 g/mol. The van der Waals surface area contributed by atoms with Crippen LogP contribution in [-0.4, -0.2) is 30.7 Å². The average Bonchev–Trinajstić information content (AvgIpc) is 2.20. The molecule has 0 aliphatic heterocycles. The zero-order chi connectivity index (χ0) is 14.8. The second-order valence-electron chi connectivity index (χ2n) is 5.45. The molecule has 1 rings (SSSR count). The van der Waals surface area contributed by atoms with Gasteiger partial charge in [-0.2, -0.15) is 0 Å². The maximum absolute atomic E-state index is 10.9. The molecule has 0 amide bonds. The Labute approximate surface area is 113 Å². The van der Waals surface area contributed by atoms with Crippen molar-refractivity contribution in [3.8, 4) is 0 Å². The molecule has 0 bridgehead atoms. The lowest BCUT2D eigenvalue weighted by Crippen LogP contribution is -2.24. The van der Waals surface area contributed by atoms with Crippen LogP contribution in [0.1, 0.15) is 32.2 Å². The van der Waals surface area contributed by atoms with E-state index in [2.05, 4.69) is 15.3 Å². The summed E-state index contributed by atoms with van der Waals surface area (Å²) in [6.45, 7) is 7.89. The fraction of sp³-hybridized carbons (Fsp3) is 0.636. The van der Waals surface area contributed by atoms with Crippen molar-refractivity contribution in [1.82, 2.24) is 9.97 Å². The van der Waals surface area contributed by atoms with Gasteiger partial charge in [0, 0.05) is 17.5 Å². The molecule has 0 saturated heterocycles. The van der Waals surface area contributed by atoms with Gasteiger partial charge in [0.1, 0.15) is 17.5 Å². The second-order valence-corrected chi connectivity index (χ2v) is 7.18. The van der Waals surface area contributed by atoms with Gasteiger partial charge in [0.2, 0.25) is 10.0 Å². The van der Waals surface area contributed by atoms with Crippen LogP contribution in [0.15, 0.2) is 0 Å². The van der Waals surface area contributed by atoms with Crippen LogP contribution in [0.3, 0.4) is 0 Å². The van der Waals surface area contributed by atoms with Gasteiger partial charge in [-0.3, -0.25) is 0 Å². The molecule has 0 unspecified atom stereocenters. The van der Waals surface area contributed by atoms with E-state index in [1.165, 1.54) is 0 Å². The normalized spacial score (nSPS) is 12.5. The number of primary sulfonamides is 1. The standard InChI is InChI=1S/C11H21N5O2S/c1-7-8(12)15-10(11(2,3)4)16-9(7)14-5-6-19(13,17)18/h5-6H2,1-4H3,(H2,13,17,18)(H3,12,14,15,16). The van der Waals surface area contributed by atoms with Crippen molar-refractivity contribution in [1.29, 1.82) is 0 Å². The molecule has 108 valence electrons. The molecule has 0 atom stereocenters. The number of hydrogen-bond donors (Lipinski definition) is 3. The van der Waals surface area contributed by atoms with Crippen molar-refractivity contribution >= 4 is 21.7 Å². The Bertz CT molecular complexity index is 563. The van der Waals surface area contributed by atoms with E-state index < -0.39 is 10.0 Å². The first kappa shape index (κ1) is 15.6. The third-order valence-corrected chi connectivity index (χ3v) is 3.31. The monoisotopic (exact) mass is 287 g/mol. The molecule has 0 fully saturated rings. The summed E-state index contributed by atoms with van der Waals surface area (Å²) in [5, 5.41) is 7.87. The Balaban J connectivity index is 2.97. The van der Waals surface area contributed by atoms with E-state index in [1.807, 2.05) is 20.8 Å². The number of nitrogen functional groups attached to an aromatic ring is 1. The first-order valence-corrected chi connectivity index (χ1v) is 7.61. The fourth-order valence-corrected chi connectivity index (χ4v) is 1.74. The van der Waals surface area contributed by atoms with Crippen LogP contribution in [0.5, 0.6) is 0 Å². The fourth-order valence-electron chi connectivity index (χ4n) is 1.35. The molecule has 7 nitrogen and oxygen atoms in total. The van der Waals surface area contributed by atoms with E-state index in [0.29, 0.717) is 23.0 Å². The van der Waals surface area contributed by atoms with Crippen LogP contribution in [-0.2, 0) is 15.4 Å². The van der Waals surface area contributed by atoms with Gasteiger partial charge in [-0.05, 0) is 6.92 Å². The van der Waals surface area contributed by atoms with Crippen LogP contribution in [0.25, 0.3) is 0 Å². The third-order valence-electron chi connectivity index (χ3n) is 2.53. The lowest BCUT2D eigenvalue weighted by atomic mass is 9.95. The molecule has 1 aromatic heterocycles. The molecule has 0 spiro atoms. The lowest BCUT2D eigenvalue weighted by Gasteiger charge is -2.19. The molecule has 1 heterocycles. The van der Waals surface area contributed by atoms with Gasteiger partial charge in [-0.1, -0.05) is 20.8 Å². The smallest absolute Gasteiger partial charge is 0.210 e. The Hall–Kier alpha value is -1.41. The van der Waals surface area contributed by atoms with Gasteiger partial charge in [0.25, 0.3) is 0 Å². The number of aromatic nitrogens is 2. The summed E-state index contributed by atoms with van der Waals surface area (Å²) in [7, 11) is -3.49. The van der Waals surface area contributed by atoms with E-state index in [1.54, 1.807) is 6.92 Å². The Morgan fingerprint density at radius 3 is 2.32 bits per heavy atom. The predicted molar refractivity (Wildman–Crippen MR) is 76.3 cm³/mol. The molecule has 0 saturated carbocycles. The number of rotatable bonds is 4. The topological polar surface area (TPSA) is 124 Å². The van der Waals surface area contributed by atoms with Crippen molar-refractivity contribution < 1.29 is 8.42 Å². The summed E-state index contributed by atoms with van der Waals surface area (Å²) in [6, 6.07) is 0. The number of nitrogens with two attached hydrogens (primary N) is 2. The third kappa shape index (κ3) is 4.64. The van der Waals surface area contributed by atoms with Crippen molar-refractivity contribution in [2.45, 2.75) is 33.1 Å². The molecule has 19 heavy (non-hydrogen) atoms. The van der Waals surface area contributed by atoms with Crippen molar-refractivity contribution in [2.75, 3.05) is 23.3 Å². The summed E-state index contributed by atoms with van der Waals surface area (Å²) in [5.74, 6) is 1.37. The van der Waals surface area contributed by atoms with Gasteiger partial charge in [-0.15, -0.1) is 0 Å². The van der Waals surface area contributed by atoms with Crippen molar-refractivity contribution in [3.05, 3.63) is 11.4 Å². The maximum Gasteiger partial charge on any atom is 0.210 e. The molecule has 0 aliphatic carbocycles. The number of anilines is 2. The Morgan fingerprint density at radius 2 is 1.84 bits per heavy atom. The number of sulfonamides is 1. The molecule has 0 radical (unpaired) electrons. The van der Waals surface area contributed by atoms with Crippen LogP contribution < -0.4 is 16.2 Å². The van der Waals surface area contributed by atoms with E-state index in [0.717, 1.165) is 0 Å². The van der Waals surface area contributed by atoms with Crippen LogP contribution in [0, 0.1) is 6.92 Å². The highest BCUT2D eigenvalue weighted by Gasteiger charge is 2.20. The van der Waals surface area contributed by atoms with Gasteiger partial charge < -0.3 is 11.1 Å². The minimum absolute atomic E-state index is 0.165. The first-order valence-electron chi connectivity index (χ1n) is 5.89. The van der Waals surface area contributed by atoms with Crippen molar-refractivity contribution in [2.24, 2.45) is 5.14 Å². The quantitative estimate of drug-likeness (QED) is 0.734. The molecule has 8 heteroatoms. The van der Waals surface area contributed by atoms with Gasteiger partial charge >= 0.3 is 0 Å².